The van der Waals surface area contributed by atoms with Crippen molar-refractivity contribution in [3.63, 3.8) is 0 Å². The van der Waals surface area contributed by atoms with Gasteiger partial charge < -0.3 is 15.0 Å². The van der Waals surface area contributed by atoms with E-state index in [2.05, 4.69) is 63.3 Å². The summed E-state index contributed by atoms with van der Waals surface area (Å²) in [6, 6.07) is 16.8. The number of nitrogens with one attached hydrogen (secondary N) is 1. The van der Waals surface area contributed by atoms with Crippen LogP contribution in [-0.4, -0.2) is 74.7 Å². The van der Waals surface area contributed by atoms with E-state index in [0.717, 1.165) is 64.7 Å². The van der Waals surface area contributed by atoms with Crippen molar-refractivity contribution < 1.29 is 9.53 Å². The maximum Gasteiger partial charge on any atom is 0.238 e. The van der Waals surface area contributed by atoms with Crippen LogP contribution in [0.25, 0.3) is 0 Å². The highest BCUT2D eigenvalue weighted by Gasteiger charge is 2.19. The van der Waals surface area contributed by atoms with Crippen LogP contribution in [-0.2, 0) is 16.1 Å². The first kappa shape index (κ1) is 20.8. The number of ether oxygens (including phenoxy) is 1. The van der Waals surface area contributed by atoms with Gasteiger partial charge >= 0.3 is 0 Å². The van der Waals surface area contributed by atoms with Gasteiger partial charge in [-0.3, -0.25) is 14.6 Å². The van der Waals surface area contributed by atoms with Crippen LogP contribution in [0.1, 0.15) is 11.1 Å². The quantitative estimate of drug-likeness (QED) is 0.796. The number of morpholine rings is 1. The molecule has 0 aliphatic carbocycles. The average molecular weight is 409 g/mol. The summed E-state index contributed by atoms with van der Waals surface area (Å²) in [7, 11) is 0. The van der Waals surface area contributed by atoms with Crippen molar-refractivity contribution >= 4 is 17.3 Å². The third kappa shape index (κ3) is 5.81. The minimum atomic E-state index is 0.0555. The highest BCUT2D eigenvalue weighted by Crippen LogP contribution is 2.18. The average Bonchev–Trinajstić information content (AvgIpc) is 2.76. The highest BCUT2D eigenvalue weighted by atomic mass is 16.5. The Kier molecular flexibility index (Phi) is 7.00. The molecule has 0 atom stereocenters. The number of anilines is 2. The van der Waals surface area contributed by atoms with Crippen molar-refractivity contribution in [2.45, 2.75) is 13.5 Å². The van der Waals surface area contributed by atoms with Gasteiger partial charge in [-0.2, -0.15) is 0 Å². The largest absolute Gasteiger partial charge is 0.379 e. The summed E-state index contributed by atoms with van der Waals surface area (Å²) in [6.07, 6.45) is 0. The van der Waals surface area contributed by atoms with Crippen LogP contribution >= 0.6 is 0 Å². The Labute approximate surface area is 179 Å². The molecule has 2 saturated heterocycles. The molecule has 6 nitrogen and oxygen atoms in total. The van der Waals surface area contributed by atoms with Crippen LogP contribution in [0.5, 0.6) is 0 Å². The molecule has 0 aromatic heterocycles. The molecule has 2 fully saturated rings. The van der Waals surface area contributed by atoms with Gasteiger partial charge in [-0.1, -0.05) is 24.3 Å². The smallest absolute Gasteiger partial charge is 0.238 e. The van der Waals surface area contributed by atoms with Gasteiger partial charge in [0.15, 0.2) is 0 Å². The van der Waals surface area contributed by atoms with Crippen molar-refractivity contribution in [3.05, 3.63) is 59.7 Å². The molecule has 0 bridgehead atoms. The second-order valence-corrected chi connectivity index (χ2v) is 8.24. The van der Waals surface area contributed by atoms with E-state index in [1.54, 1.807) is 0 Å². The predicted molar refractivity (Wildman–Crippen MR) is 121 cm³/mol. The minimum Gasteiger partial charge on any atom is -0.379 e. The van der Waals surface area contributed by atoms with E-state index >= 15 is 0 Å². The molecule has 2 aliphatic rings. The van der Waals surface area contributed by atoms with Crippen LogP contribution in [0.4, 0.5) is 11.4 Å². The van der Waals surface area contributed by atoms with E-state index in [9.17, 15) is 4.79 Å². The normalized spacial score (nSPS) is 18.4. The molecular formula is C24H32N4O2. The lowest BCUT2D eigenvalue weighted by atomic mass is 10.2. The van der Waals surface area contributed by atoms with Crippen LogP contribution in [0.15, 0.2) is 48.5 Å². The fraction of sp³-hybridized carbons (Fsp3) is 0.458. The standard InChI is InChI=1S/C24H32N4O2/c1-20-3-2-4-23(17-20)28-11-9-26(10-12-28)19-24(29)25-22-7-5-21(6-8-22)18-27-13-15-30-16-14-27/h2-8,17H,9-16,18-19H2,1H3,(H,25,29). The maximum absolute atomic E-state index is 12.5. The molecule has 0 radical (unpaired) electrons. The molecule has 1 amide bonds. The molecule has 0 unspecified atom stereocenters. The summed E-state index contributed by atoms with van der Waals surface area (Å²) in [6.45, 7) is 10.8. The molecule has 2 heterocycles. The molecule has 4 rings (SSSR count). The maximum atomic E-state index is 12.5. The molecule has 2 aromatic carbocycles. The topological polar surface area (TPSA) is 48.0 Å². The minimum absolute atomic E-state index is 0.0555. The van der Waals surface area contributed by atoms with Gasteiger partial charge in [0, 0.05) is 57.2 Å². The van der Waals surface area contributed by atoms with Gasteiger partial charge in [-0.05, 0) is 42.3 Å². The molecule has 30 heavy (non-hydrogen) atoms. The first-order valence-electron chi connectivity index (χ1n) is 10.9. The van der Waals surface area contributed by atoms with Gasteiger partial charge in [0.25, 0.3) is 0 Å². The van der Waals surface area contributed by atoms with Crippen LogP contribution in [0.2, 0.25) is 0 Å². The third-order valence-electron chi connectivity index (χ3n) is 5.85. The van der Waals surface area contributed by atoms with E-state index in [0.29, 0.717) is 6.54 Å². The lowest BCUT2D eigenvalue weighted by molar-refractivity contribution is -0.117. The highest BCUT2D eigenvalue weighted by molar-refractivity contribution is 5.92. The van der Waals surface area contributed by atoms with Crippen molar-refractivity contribution in [2.24, 2.45) is 0 Å². The summed E-state index contributed by atoms with van der Waals surface area (Å²) < 4.78 is 5.40. The fourth-order valence-electron chi connectivity index (χ4n) is 4.10. The van der Waals surface area contributed by atoms with E-state index in [4.69, 9.17) is 4.74 Å². The Morgan fingerprint density at radius 3 is 2.37 bits per heavy atom. The summed E-state index contributed by atoms with van der Waals surface area (Å²) in [5, 5.41) is 3.04. The number of hydrogen-bond donors (Lipinski definition) is 1. The monoisotopic (exact) mass is 408 g/mol. The number of carbonyl (C=O) groups is 1. The van der Waals surface area contributed by atoms with Crippen LogP contribution in [0, 0.1) is 6.92 Å². The molecule has 0 saturated carbocycles. The molecule has 2 aromatic rings. The van der Waals surface area contributed by atoms with Gasteiger partial charge in [-0.25, -0.2) is 0 Å². The van der Waals surface area contributed by atoms with Gasteiger partial charge in [0.05, 0.1) is 19.8 Å². The Morgan fingerprint density at radius 1 is 0.933 bits per heavy atom. The first-order valence-corrected chi connectivity index (χ1v) is 10.9. The number of aryl methyl sites for hydroxylation is 1. The first-order chi connectivity index (χ1) is 14.7. The van der Waals surface area contributed by atoms with E-state index in [-0.39, 0.29) is 5.91 Å². The van der Waals surface area contributed by atoms with Crippen molar-refractivity contribution in [2.75, 3.05) is 69.2 Å². The predicted octanol–water partition coefficient (Wildman–Crippen LogP) is 2.59. The van der Waals surface area contributed by atoms with Crippen molar-refractivity contribution in [3.8, 4) is 0 Å². The van der Waals surface area contributed by atoms with Crippen molar-refractivity contribution in [1.29, 1.82) is 0 Å². The molecule has 160 valence electrons. The number of amides is 1. The Hall–Kier alpha value is -2.41. The molecule has 6 heteroatoms. The third-order valence-corrected chi connectivity index (χ3v) is 5.85. The Bertz CT molecular complexity index is 825. The van der Waals surface area contributed by atoms with Gasteiger partial charge in [-0.15, -0.1) is 0 Å². The Balaban J connectivity index is 1.21. The van der Waals surface area contributed by atoms with E-state index in [1.165, 1.54) is 16.8 Å². The van der Waals surface area contributed by atoms with E-state index < -0.39 is 0 Å². The second-order valence-electron chi connectivity index (χ2n) is 8.24. The fourth-order valence-corrected chi connectivity index (χ4v) is 4.10. The van der Waals surface area contributed by atoms with E-state index in [1.807, 2.05) is 12.1 Å². The molecular weight excluding hydrogens is 376 g/mol. The zero-order chi connectivity index (χ0) is 20.8. The zero-order valence-electron chi connectivity index (χ0n) is 17.8. The second kappa shape index (κ2) is 10.1. The number of nitrogens with zero attached hydrogens (tertiary/aromatic N) is 3. The van der Waals surface area contributed by atoms with Crippen LogP contribution in [0.3, 0.4) is 0 Å². The van der Waals surface area contributed by atoms with Gasteiger partial charge in [0.1, 0.15) is 0 Å². The number of carbonyl (C=O) groups excluding carboxylic acids is 1. The summed E-state index contributed by atoms with van der Waals surface area (Å²) >= 11 is 0. The SMILES string of the molecule is Cc1cccc(N2CCN(CC(=O)Nc3ccc(CN4CCOCC4)cc3)CC2)c1. The molecule has 2 aliphatic heterocycles. The van der Waals surface area contributed by atoms with Crippen molar-refractivity contribution in [1.82, 2.24) is 9.80 Å². The van der Waals surface area contributed by atoms with Gasteiger partial charge in [0.2, 0.25) is 5.91 Å². The lowest BCUT2D eigenvalue weighted by Crippen LogP contribution is -2.48. The molecule has 1 N–H and O–H groups in total. The number of piperazine rings is 1. The lowest BCUT2D eigenvalue weighted by Gasteiger charge is -2.35. The molecule has 0 spiro atoms. The summed E-state index contributed by atoms with van der Waals surface area (Å²) in [5.41, 5.74) is 4.69. The number of rotatable bonds is 6. The number of benzene rings is 2. The summed E-state index contributed by atoms with van der Waals surface area (Å²) in [4.78, 5) is 19.5. The van der Waals surface area contributed by atoms with Crippen LogP contribution < -0.4 is 10.2 Å². The number of hydrogen-bond acceptors (Lipinski definition) is 5. The zero-order valence-corrected chi connectivity index (χ0v) is 17.8. The summed E-state index contributed by atoms with van der Waals surface area (Å²) in [5.74, 6) is 0.0555. The Morgan fingerprint density at radius 2 is 1.67 bits per heavy atom.